The zero-order chi connectivity index (χ0) is 23.1. The largest absolute Gasteiger partial charge is 0.461 e. The van der Waals surface area contributed by atoms with Crippen LogP contribution in [0.5, 0.6) is 0 Å². The smallest absolute Gasteiger partial charge is 0.355 e. The molecular formula is C20H22N4O7. The Bertz CT molecular complexity index is 999. The van der Waals surface area contributed by atoms with E-state index in [0.717, 1.165) is 4.90 Å². The predicted octanol–water partition coefficient (Wildman–Crippen LogP) is 1.45. The third-order valence-corrected chi connectivity index (χ3v) is 5.15. The second-order valence-electron chi connectivity index (χ2n) is 7.95. The number of carbonyl (C=O) groups excluding carboxylic acids is 4. The van der Waals surface area contributed by atoms with Crippen molar-refractivity contribution in [1.82, 2.24) is 5.01 Å². The van der Waals surface area contributed by atoms with Crippen LogP contribution in [0.1, 0.15) is 34.1 Å². The van der Waals surface area contributed by atoms with Gasteiger partial charge in [0, 0.05) is 18.6 Å². The molecule has 0 radical (unpaired) electrons. The zero-order valence-electron chi connectivity index (χ0n) is 17.5. The van der Waals surface area contributed by atoms with Crippen LogP contribution in [0.25, 0.3) is 0 Å². The fraction of sp³-hybridized carbons (Fsp3) is 0.450. The van der Waals surface area contributed by atoms with Crippen molar-refractivity contribution in [3.63, 3.8) is 0 Å². The highest BCUT2D eigenvalue weighted by atomic mass is 16.6. The van der Waals surface area contributed by atoms with E-state index in [1.54, 1.807) is 20.8 Å². The van der Waals surface area contributed by atoms with Gasteiger partial charge in [-0.3, -0.25) is 29.5 Å². The van der Waals surface area contributed by atoms with Crippen molar-refractivity contribution < 1.29 is 28.8 Å². The Morgan fingerprint density at radius 2 is 1.81 bits per heavy atom. The van der Waals surface area contributed by atoms with Gasteiger partial charge in [-0.2, -0.15) is 5.10 Å². The number of ether oxygens (including phenoxy) is 1. The molecule has 0 spiro atoms. The normalized spacial score (nSPS) is 20.6. The van der Waals surface area contributed by atoms with Crippen molar-refractivity contribution in [2.75, 3.05) is 11.5 Å². The van der Waals surface area contributed by atoms with Gasteiger partial charge in [0.05, 0.1) is 22.8 Å². The number of hydrazone groups is 1. The monoisotopic (exact) mass is 430 g/mol. The summed E-state index contributed by atoms with van der Waals surface area (Å²) in [6.45, 7) is 6.44. The minimum atomic E-state index is -1.20. The lowest BCUT2D eigenvalue weighted by molar-refractivity contribution is -0.384. The highest BCUT2D eigenvalue weighted by molar-refractivity contribution is 6.46. The molecule has 0 bridgehead atoms. The molecule has 164 valence electrons. The van der Waals surface area contributed by atoms with Crippen molar-refractivity contribution in [3.05, 3.63) is 34.4 Å². The number of esters is 1. The van der Waals surface area contributed by atoms with Crippen LogP contribution in [0.4, 0.5) is 11.4 Å². The first-order valence-electron chi connectivity index (χ1n) is 9.66. The number of nitro benzene ring substituents is 1. The van der Waals surface area contributed by atoms with Crippen LogP contribution in [-0.2, 0) is 23.9 Å². The first-order valence-corrected chi connectivity index (χ1v) is 9.66. The molecule has 2 atom stereocenters. The van der Waals surface area contributed by atoms with E-state index in [0.29, 0.717) is 0 Å². The zero-order valence-corrected chi connectivity index (χ0v) is 17.5. The maximum absolute atomic E-state index is 13.3. The standard InChI is InChI=1S/C20H22N4O7/c1-5-31-19(28)15-14-16(23(21-15)20(3,4)10-11(2)25)18(27)22(17(14)26)12-6-8-13(9-7-12)24(29)30/h6-9,14,16H,5,10H2,1-4H3. The molecule has 2 aliphatic rings. The topological polar surface area (TPSA) is 139 Å². The lowest BCUT2D eigenvalue weighted by Gasteiger charge is -2.36. The van der Waals surface area contributed by atoms with Crippen molar-refractivity contribution in [1.29, 1.82) is 0 Å². The molecule has 1 aromatic carbocycles. The molecule has 3 rings (SSSR count). The Morgan fingerprint density at radius 1 is 1.19 bits per heavy atom. The Morgan fingerprint density at radius 3 is 2.32 bits per heavy atom. The molecule has 1 fully saturated rings. The number of rotatable bonds is 7. The summed E-state index contributed by atoms with van der Waals surface area (Å²) in [4.78, 5) is 62.0. The summed E-state index contributed by atoms with van der Waals surface area (Å²) in [7, 11) is 0. The molecule has 0 saturated carbocycles. The molecule has 1 aromatic rings. The number of benzene rings is 1. The number of nitrogens with zero attached hydrogens (tertiary/aromatic N) is 4. The molecule has 2 heterocycles. The van der Waals surface area contributed by atoms with Crippen LogP contribution in [-0.4, -0.2) is 57.4 Å². The number of amides is 2. The molecule has 31 heavy (non-hydrogen) atoms. The van der Waals surface area contributed by atoms with Crippen LogP contribution in [0.15, 0.2) is 29.4 Å². The number of nitro groups is 1. The van der Waals surface area contributed by atoms with Gasteiger partial charge in [-0.05, 0) is 39.8 Å². The van der Waals surface area contributed by atoms with Crippen molar-refractivity contribution in [2.24, 2.45) is 11.0 Å². The van der Waals surface area contributed by atoms with E-state index in [2.05, 4.69) is 5.10 Å². The number of Topliss-reactive ketones (excluding diaryl/α,β-unsaturated/α-hetero) is 1. The van der Waals surface area contributed by atoms with Crippen LogP contribution in [0.3, 0.4) is 0 Å². The summed E-state index contributed by atoms with van der Waals surface area (Å²) >= 11 is 0. The number of ketones is 1. The van der Waals surface area contributed by atoms with Crippen LogP contribution in [0, 0.1) is 16.0 Å². The highest BCUT2D eigenvalue weighted by Crippen LogP contribution is 2.40. The number of hydrogen-bond donors (Lipinski definition) is 0. The van der Waals surface area contributed by atoms with Crippen LogP contribution in [0.2, 0.25) is 0 Å². The lowest BCUT2D eigenvalue weighted by atomic mass is 9.92. The summed E-state index contributed by atoms with van der Waals surface area (Å²) in [5.74, 6) is -3.48. The first kappa shape index (κ1) is 22.1. The first-order chi connectivity index (χ1) is 14.5. The molecular weight excluding hydrogens is 408 g/mol. The third-order valence-electron chi connectivity index (χ3n) is 5.15. The number of non-ortho nitro benzene ring substituents is 1. The Kier molecular flexibility index (Phi) is 5.62. The van der Waals surface area contributed by atoms with Gasteiger partial charge in [0.25, 0.3) is 11.6 Å². The minimum absolute atomic E-state index is 0.0365. The number of hydrogen-bond acceptors (Lipinski definition) is 9. The molecule has 11 heteroatoms. The van der Waals surface area contributed by atoms with E-state index in [4.69, 9.17) is 4.74 Å². The minimum Gasteiger partial charge on any atom is -0.461 e. The lowest BCUT2D eigenvalue weighted by Crippen LogP contribution is -2.50. The van der Waals surface area contributed by atoms with E-state index in [-0.39, 0.29) is 35.9 Å². The molecule has 2 amide bonds. The average molecular weight is 430 g/mol. The van der Waals surface area contributed by atoms with E-state index in [1.807, 2.05) is 0 Å². The van der Waals surface area contributed by atoms with Crippen LogP contribution >= 0.6 is 0 Å². The molecule has 1 saturated heterocycles. The summed E-state index contributed by atoms with van der Waals surface area (Å²) in [5, 5.41) is 16.5. The van der Waals surface area contributed by atoms with Gasteiger partial charge in [-0.25, -0.2) is 9.69 Å². The summed E-state index contributed by atoms with van der Waals surface area (Å²) in [6.07, 6.45) is 0.0365. The van der Waals surface area contributed by atoms with E-state index >= 15 is 0 Å². The maximum Gasteiger partial charge on any atom is 0.355 e. The second-order valence-corrected chi connectivity index (χ2v) is 7.95. The van der Waals surface area contributed by atoms with Gasteiger partial charge in [0.15, 0.2) is 5.71 Å². The Labute approximate surface area is 177 Å². The van der Waals surface area contributed by atoms with Gasteiger partial charge in [0.1, 0.15) is 17.7 Å². The molecule has 11 nitrogen and oxygen atoms in total. The van der Waals surface area contributed by atoms with E-state index < -0.39 is 40.2 Å². The molecule has 0 N–H and O–H groups in total. The van der Waals surface area contributed by atoms with Crippen LogP contribution < -0.4 is 4.90 Å². The number of carbonyl (C=O) groups is 4. The third kappa shape index (κ3) is 3.78. The van der Waals surface area contributed by atoms with Crippen molar-refractivity contribution >= 4 is 40.7 Å². The molecule has 0 aromatic heterocycles. The second kappa shape index (κ2) is 7.89. The SMILES string of the molecule is CCOC(=O)C1=NN(C(C)(C)CC(C)=O)C2C(=O)N(c3ccc([N+](=O)[O-])cc3)C(=O)C12. The summed E-state index contributed by atoms with van der Waals surface area (Å²) in [6, 6.07) is 3.82. The number of fused-ring (bicyclic) bond motifs is 1. The molecule has 2 unspecified atom stereocenters. The molecule has 0 aliphatic carbocycles. The van der Waals surface area contributed by atoms with Gasteiger partial charge in [0.2, 0.25) is 5.91 Å². The highest BCUT2D eigenvalue weighted by Gasteiger charge is 2.61. The number of imide groups is 1. The van der Waals surface area contributed by atoms with Gasteiger partial charge < -0.3 is 4.74 Å². The molecule has 2 aliphatic heterocycles. The summed E-state index contributed by atoms with van der Waals surface area (Å²) < 4.78 is 5.02. The number of anilines is 1. The van der Waals surface area contributed by atoms with Crippen molar-refractivity contribution in [2.45, 2.75) is 45.7 Å². The fourth-order valence-electron chi connectivity index (χ4n) is 3.96. The Hall–Kier alpha value is -3.63. The quantitative estimate of drug-likeness (QED) is 0.274. The predicted molar refractivity (Wildman–Crippen MR) is 108 cm³/mol. The average Bonchev–Trinajstić information content (AvgIpc) is 3.19. The maximum atomic E-state index is 13.3. The Balaban J connectivity index is 2.05. The summed E-state index contributed by atoms with van der Waals surface area (Å²) in [5.41, 5.74) is -1.21. The van der Waals surface area contributed by atoms with Gasteiger partial charge in [-0.1, -0.05) is 0 Å². The fourth-order valence-corrected chi connectivity index (χ4v) is 3.96. The van der Waals surface area contributed by atoms with E-state index in [1.165, 1.54) is 36.2 Å². The van der Waals surface area contributed by atoms with Gasteiger partial charge in [-0.15, -0.1) is 0 Å². The van der Waals surface area contributed by atoms with E-state index in [9.17, 15) is 29.3 Å². The van der Waals surface area contributed by atoms with Gasteiger partial charge >= 0.3 is 5.97 Å². The van der Waals surface area contributed by atoms with Crippen molar-refractivity contribution in [3.8, 4) is 0 Å².